The van der Waals surface area contributed by atoms with E-state index in [-0.39, 0.29) is 5.91 Å². The number of nitrogens with zero attached hydrogens (tertiary/aromatic N) is 2. The van der Waals surface area contributed by atoms with Gasteiger partial charge in [-0.1, -0.05) is 6.92 Å². The number of hydrogen-bond donors (Lipinski definition) is 1. The maximum absolute atomic E-state index is 12.0. The van der Waals surface area contributed by atoms with Crippen molar-refractivity contribution in [2.45, 2.75) is 39.0 Å². The van der Waals surface area contributed by atoms with E-state index in [1.807, 2.05) is 24.3 Å². The number of rotatable bonds is 9. The first-order valence-electron chi connectivity index (χ1n) is 10.2. The third kappa shape index (κ3) is 6.09. The van der Waals surface area contributed by atoms with E-state index in [1.54, 1.807) is 13.3 Å². The number of piperidine rings is 1. The average Bonchev–Trinajstić information content (AvgIpc) is 3.20. The number of benzene rings is 1. The third-order valence-corrected chi connectivity index (χ3v) is 5.34. The molecule has 1 aliphatic rings. The van der Waals surface area contributed by atoms with Crippen LogP contribution in [0.4, 0.5) is 0 Å². The van der Waals surface area contributed by atoms with Gasteiger partial charge in [-0.3, -0.25) is 4.79 Å². The maximum Gasteiger partial charge on any atom is 0.220 e. The molecule has 28 heavy (non-hydrogen) atoms. The zero-order chi connectivity index (χ0) is 19.8. The summed E-state index contributed by atoms with van der Waals surface area (Å²) in [5.41, 5.74) is 0.941. The van der Waals surface area contributed by atoms with Crippen molar-refractivity contribution in [2.24, 2.45) is 5.92 Å². The van der Waals surface area contributed by atoms with Gasteiger partial charge in [0.1, 0.15) is 5.75 Å². The molecule has 0 saturated carbocycles. The lowest BCUT2D eigenvalue weighted by molar-refractivity contribution is -0.121. The van der Waals surface area contributed by atoms with E-state index in [1.165, 1.54) is 25.9 Å². The molecule has 1 N–H and O–H groups in total. The summed E-state index contributed by atoms with van der Waals surface area (Å²) in [6.45, 7) is 6.50. The Morgan fingerprint density at radius 3 is 2.75 bits per heavy atom. The van der Waals surface area contributed by atoms with Crippen LogP contribution in [0.3, 0.4) is 0 Å². The lowest BCUT2D eigenvalue weighted by Crippen LogP contribution is -2.35. The second-order valence-electron chi connectivity index (χ2n) is 7.57. The fourth-order valence-corrected chi connectivity index (χ4v) is 3.44. The lowest BCUT2D eigenvalue weighted by Gasteiger charge is -2.30. The standard InChI is InChI=1S/C22H31N3O3/c1-17-10-14-25(15-11-17)13-3-12-23-21(26)8-9-22-24-16-20(28-22)18-4-6-19(27-2)7-5-18/h4-7,16-17H,3,8-15H2,1-2H3,(H,23,26). The molecule has 0 spiro atoms. The summed E-state index contributed by atoms with van der Waals surface area (Å²) in [5, 5.41) is 3.00. The van der Waals surface area contributed by atoms with Gasteiger partial charge in [0, 0.05) is 24.9 Å². The first-order chi connectivity index (χ1) is 13.6. The first kappa shape index (κ1) is 20.4. The van der Waals surface area contributed by atoms with Gasteiger partial charge >= 0.3 is 0 Å². The molecule has 1 saturated heterocycles. The van der Waals surface area contributed by atoms with Gasteiger partial charge in [-0.05, 0) is 69.1 Å². The molecule has 1 aromatic carbocycles. The van der Waals surface area contributed by atoms with Crippen LogP contribution in [0.25, 0.3) is 11.3 Å². The number of likely N-dealkylation sites (tertiary alicyclic amines) is 1. The zero-order valence-corrected chi connectivity index (χ0v) is 16.9. The molecule has 6 heteroatoms. The Morgan fingerprint density at radius 2 is 2.04 bits per heavy atom. The number of nitrogens with one attached hydrogen (secondary N) is 1. The van der Waals surface area contributed by atoms with E-state index in [2.05, 4.69) is 22.1 Å². The topological polar surface area (TPSA) is 67.6 Å². The Morgan fingerprint density at radius 1 is 1.29 bits per heavy atom. The third-order valence-electron chi connectivity index (χ3n) is 5.34. The van der Waals surface area contributed by atoms with Crippen LogP contribution in [0.1, 0.15) is 38.5 Å². The van der Waals surface area contributed by atoms with Crippen molar-refractivity contribution in [3.8, 4) is 17.1 Å². The highest BCUT2D eigenvalue weighted by atomic mass is 16.5. The Labute approximate surface area is 167 Å². The van der Waals surface area contributed by atoms with Crippen molar-refractivity contribution >= 4 is 5.91 Å². The van der Waals surface area contributed by atoms with Crippen LogP contribution in [0.5, 0.6) is 5.75 Å². The predicted molar refractivity (Wildman–Crippen MR) is 109 cm³/mol. The van der Waals surface area contributed by atoms with Crippen LogP contribution in [0, 0.1) is 5.92 Å². The number of ether oxygens (including phenoxy) is 1. The van der Waals surface area contributed by atoms with Gasteiger partial charge in [-0.25, -0.2) is 4.98 Å². The molecule has 0 bridgehead atoms. The largest absolute Gasteiger partial charge is 0.497 e. The molecule has 1 aromatic heterocycles. The van der Waals surface area contributed by atoms with Crippen LogP contribution < -0.4 is 10.1 Å². The summed E-state index contributed by atoms with van der Waals surface area (Å²) in [5.74, 6) is 3.00. The smallest absolute Gasteiger partial charge is 0.220 e. The van der Waals surface area contributed by atoms with Gasteiger partial charge in [0.15, 0.2) is 11.7 Å². The number of carbonyl (C=O) groups is 1. The van der Waals surface area contributed by atoms with E-state index in [4.69, 9.17) is 9.15 Å². The van der Waals surface area contributed by atoms with Crippen molar-refractivity contribution in [2.75, 3.05) is 33.3 Å². The Balaban J connectivity index is 1.34. The van der Waals surface area contributed by atoms with E-state index < -0.39 is 0 Å². The molecular weight excluding hydrogens is 354 g/mol. The maximum atomic E-state index is 12.0. The molecule has 0 atom stereocenters. The molecular formula is C22H31N3O3. The highest BCUT2D eigenvalue weighted by Crippen LogP contribution is 2.23. The van der Waals surface area contributed by atoms with Crippen LogP contribution in [-0.4, -0.2) is 49.1 Å². The summed E-state index contributed by atoms with van der Waals surface area (Å²) < 4.78 is 10.9. The average molecular weight is 386 g/mol. The Bertz CT molecular complexity index is 734. The van der Waals surface area contributed by atoms with Gasteiger partial charge in [0.2, 0.25) is 5.91 Å². The van der Waals surface area contributed by atoms with E-state index in [0.29, 0.717) is 24.5 Å². The normalized spacial score (nSPS) is 15.5. The van der Waals surface area contributed by atoms with E-state index in [0.717, 1.165) is 36.7 Å². The minimum atomic E-state index is 0.0523. The van der Waals surface area contributed by atoms with Crippen LogP contribution in [0.15, 0.2) is 34.9 Å². The molecule has 2 heterocycles. The second kappa shape index (κ2) is 10.3. The molecule has 6 nitrogen and oxygen atoms in total. The molecule has 3 rings (SSSR count). The fourth-order valence-electron chi connectivity index (χ4n) is 3.44. The molecule has 1 amide bonds. The van der Waals surface area contributed by atoms with Crippen molar-refractivity contribution in [1.82, 2.24) is 15.2 Å². The van der Waals surface area contributed by atoms with Crippen molar-refractivity contribution in [3.05, 3.63) is 36.4 Å². The Kier molecular flexibility index (Phi) is 7.48. The number of methoxy groups -OCH3 is 1. The first-order valence-corrected chi connectivity index (χ1v) is 10.2. The molecule has 1 fully saturated rings. The number of amides is 1. The summed E-state index contributed by atoms with van der Waals surface area (Å²) in [6, 6.07) is 7.63. The number of carbonyl (C=O) groups excluding carboxylic acids is 1. The minimum Gasteiger partial charge on any atom is -0.497 e. The quantitative estimate of drug-likeness (QED) is 0.669. The zero-order valence-electron chi connectivity index (χ0n) is 16.9. The Hall–Kier alpha value is -2.34. The van der Waals surface area contributed by atoms with Crippen LogP contribution in [-0.2, 0) is 11.2 Å². The van der Waals surface area contributed by atoms with Gasteiger partial charge in [0.05, 0.1) is 13.3 Å². The molecule has 0 aliphatic carbocycles. The predicted octanol–water partition coefficient (Wildman–Crippen LogP) is 3.52. The van der Waals surface area contributed by atoms with E-state index in [9.17, 15) is 4.79 Å². The second-order valence-corrected chi connectivity index (χ2v) is 7.57. The number of aryl methyl sites for hydroxylation is 1. The van der Waals surface area contributed by atoms with Crippen LogP contribution in [0.2, 0.25) is 0 Å². The summed E-state index contributed by atoms with van der Waals surface area (Å²) >= 11 is 0. The summed E-state index contributed by atoms with van der Waals surface area (Å²) in [4.78, 5) is 18.8. The van der Waals surface area contributed by atoms with Crippen molar-refractivity contribution < 1.29 is 13.9 Å². The molecule has 0 radical (unpaired) electrons. The molecule has 0 unspecified atom stereocenters. The SMILES string of the molecule is COc1ccc(-c2cnc(CCC(=O)NCCCN3CCC(C)CC3)o2)cc1. The monoisotopic (exact) mass is 385 g/mol. The molecule has 152 valence electrons. The van der Waals surface area contributed by atoms with Gasteiger partial charge < -0.3 is 19.4 Å². The minimum absolute atomic E-state index is 0.0523. The molecule has 1 aliphatic heterocycles. The number of hydrogen-bond acceptors (Lipinski definition) is 5. The van der Waals surface area contributed by atoms with Crippen molar-refractivity contribution in [1.29, 1.82) is 0 Å². The number of oxazole rings is 1. The summed E-state index contributed by atoms with van der Waals surface area (Å²) in [7, 11) is 1.64. The fraction of sp³-hybridized carbons (Fsp3) is 0.545. The summed E-state index contributed by atoms with van der Waals surface area (Å²) in [6.07, 6.45) is 6.19. The number of aromatic nitrogens is 1. The van der Waals surface area contributed by atoms with Crippen molar-refractivity contribution in [3.63, 3.8) is 0 Å². The van der Waals surface area contributed by atoms with Gasteiger partial charge in [-0.2, -0.15) is 0 Å². The van der Waals surface area contributed by atoms with Gasteiger partial charge in [0.25, 0.3) is 0 Å². The molecule has 2 aromatic rings. The highest BCUT2D eigenvalue weighted by molar-refractivity contribution is 5.76. The van der Waals surface area contributed by atoms with E-state index >= 15 is 0 Å². The highest BCUT2D eigenvalue weighted by Gasteiger charge is 2.15. The van der Waals surface area contributed by atoms with Gasteiger partial charge in [-0.15, -0.1) is 0 Å². The van der Waals surface area contributed by atoms with Crippen LogP contribution >= 0.6 is 0 Å². The lowest BCUT2D eigenvalue weighted by atomic mass is 9.99.